The molecule has 2 N–H and O–H groups in total. The lowest BCUT2D eigenvalue weighted by atomic mass is 10.3. The number of amides is 2. The van der Waals surface area contributed by atoms with Crippen molar-refractivity contribution >= 4 is 17.7 Å². The normalized spacial score (nSPS) is 10.8. The Labute approximate surface area is 102 Å². The second-order valence-electron chi connectivity index (χ2n) is 3.07. The maximum atomic E-state index is 12.7. The molecule has 10 heteroatoms. The molecular weight excluding hydrogens is 279 g/mol. The molecule has 5 nitrogen and oxygen atoms in total. The van der Waals surface area contributed by atoms with Gasteiger partial charge in [-0.05, 0) is 12.1 Å². The van der Waals surface area contributed by atoms with Gasteiger partial charge in [0.15, 0.2) is 11.6 Å². The van der Waals surface area contributed by atoms with Gasteiger partial charge in [-0.1, -0.05) is 0 Å². The van der Waals surface area contributed by atoms with E-state index in [4.69, 9.17) is 0 Å². The molecule has 19 heavy (non-hydrogen) atoms. The number of rotatable bonds is 1. The minimum Gasteiger partial charge on any atom is -0.331 e. The Hall–Kier alpha value is -2.39. The number of alkyl halides is 3. The summed E-state index contributed by atoms with van der Waals surface area (Å²) < 4.78 is 60.3. The molecule has 0 unspecified atom stereocenters. The molecule has 0 atom stereocenters. The van der Waals surface area contributed by atoms with Crippen molar-refractivity contribution in [2.75, 3.05) is 5.32 Å². The van der Waals surface area contributed by atoms with Crippen molar-refractivity contribution in [2.24, 2.45) is 0 Å². The predicted octanol–water partition coefficient (Wildman–Crippen LogP) is 2.11. The molecule has 0 radical (unpaired) electrons. The Kier molecular flexibility index (Phi) is 4.25. The average Bonchev–Trinajstić information content (AvgIpc) is 2.29. The summed E-state index contributed by atoms with van der Waals surface area (Å²) in [6.07, 6.45) is -5.27. The van der Waals surface area contributed by atoms with Crippen LogP contribution in [0.2, 0.25) is 0 Å². The highest BCUT2D eigenvalue weighted by molar-refractivity contribution is 5.89. The lowest BCUT2D eigenvalue weighted by molar-refractivity contribution is -0.204. The van der Waals surface area contributed by atoms with Gasteiger partial charge in [0, 0.05) is 11.8 Å². The molecular formula is C9H5F5N2O3. The highest BCUT2D eigenvalue weighted by Gasteiger charge is 2.41. The first-order valence-corrected chi connectivity index (χ1v) is 4.50. The first-order valence-electron chi connectivity index (χ1n) is 4.50. The zero-order valence-electron chi connectivity index (χ0n) is 8.85. The number of carbonyl (C=O) groups is 2. The standard InChI is InChI=1S/C9H5F5N2O3/c10-5-2-1-4(3-6(5)11)15-8(18)16-19-7(17)9(12,13)14/h1-3H,(H2,15,16,18). The van der Waals surface area contributed by atoms with Crippen molar-refractivity contribution in [3.8, 4) is 0 Å². The second kappa shape index (κ2) is 5.50. The van der Waals surface area contributed by atoms with Crippen molar-refractivity contribution in [3.05, 3.63) is 29.8 Å². The lowest BCUT2D eigenvalue weighted by Crippen LogP contribution is -2.36. The number of halogens is 5. The van der Waals surface area contributed by atoms with E-state index in [1.165, 1.54) is 0 Å². The molecule has 0 fully saturated rings. The van der Waals surface area contributed by atoms with E-state index < -0.39 is 29.8 Å². The van der Waals surface area contributed by atoms with Crippen LogP contribution >= 0.6 is 0 Å². The number of hydroxylamine groups is 1. The topological polar surface area (TPSA) is 67.4 Å². The van der Waals surface area contributed by atoms with Gasteiger partial charge in [-0.15, -0.1) is 0 Å². The van der Waals surface area contributed by atoms with E-state index in [9.17, 15) is 31.5 Å². The van der Waals surface area contributed by atoms with Gasteiger partial charge in [0.2, 0.25) is 0 Å². The Morgan fingerprint density at radius 1 is 1.11 bits per heavy atom. The third kappa shape index (κ3) is 4.41. The molecule has 0 aliphatic heterocycles. The Morgan fingerprint density at radius 2 is 1.74 bits per heavy atom. The maximum absolute atomic E-state index is 12.7. The van der Waals surface area contributed by atoms with Crippen LogP contribution < -0.4 is 10.8 Å². The van der Waals surface area contributed by atoms with E-state index in [-0.39, 0.29) is 5.69 Å². The van der Waals surface area contributed by atoms with Crippen molar-refractivity contribution < 1.29 is 36.4 Å². The third-order valence-corrected chi connectivity index (χ3v) is 1.65. The zero-order chi connectivity index (χ0) is 14.6. The van der Waals surface area contributed by atoms with Crippen molar-refractivity contribution in [1.29, 1.82) is 0 Å². The molecule has 1 rings (SSSR count). The first kappa shape index (κ1) is 14.7. The van der Waals surface area contributed by atoms with Gasteiger partial charge in [0.05, 0.1) is 0 Å². The third-order valence-electron chi connectivity index (χ3n) is 1.65. The van der Waals surface area contributed by atoms with E-state index in [1.54, 1.807) is 0 Å². The summed E-state index contributed by atoms with van der Waals surface area (Å²) in [5, 5.41) is 1.82. The molecule has 0 aliphatic rings. The number of nitrogens with one attached hydrogen (secondary N) is 2. The van der Waals surface area contributed by atoms with Crippen LogP contribution in [-0.4, -0.2) is 18.2 Å². The van der Waals surface area contributed by atoms with Gasteiger partial charge in [0.1, 0.15) is 0 Å². The van der Waals surface area contributed by atoms with Crippen LogP contribution in [0.25, 0.3) is 0 Å². The van der Waals surface area contributed by atoms with E-state index >= 15 is 0 Å². The molecule has 2 amide bonds. The maximum Gasteiger partial charge on any atom is 0.493 e. The number of benzene rings is 1. The Balaban J connectivity index is 2.52. The SMILES string of the molecule is O=C(NOC(=O)C(F)(F)F)Nc1ccc(F)c(F)c1. The molecule has 0 aromatic heterocycles. The molecule has 104 valence electrons. The van der Waals surface area contributed by atoms with Crippen LogP contribution in [0.3, 0.4) is 0 Å². The molecule has 1 aromatic rings. The fourth-order valence-electron chi connectivity index (χ4n) is 0.881. The highest BCUT2D eigenvalue weighted by Crippen LogP contribution is 2.16. The first-order chi connectivity index (χ1) is 8.70. The van der Waals surface area contributed by atoms with Gasteiger partial charge >= 0.3 is 18.2 Å². The van der Waals surface area contributed by atoms with Crippen molar-refractivity contribution in [3.63, 3.8) is 0 Å². The van der Waals surface area contributed by atoms with Crippen LogP contribution in [0.5, 0.6) is 0 Å². The largest absolute Gasteiger partial charge is 0.493 e. The molecule has 0 spiro atoms. The summed E-state index contributed by atoms with van der Waals surface area (Å²) in [5.41, 5.74) is 0.885. The molecule has 0 saturated carbocycles. The monoisotopic (exact) mass is 284 g/mol. The summed E-state index contributed by atoms with van der Waals surface area (Å²) in [6, 6.07) is 0.847. The summed E-state index contributed by atoms with van der Waals surface area (Å²) in [6.45, 7) is 0. The van der Waals surface area contributed by atoms with Crippen LogP contribution in [0.1, 0.15) is 0 Å². The molecule has 1 aromatic carbocycles. The highest BCUT2D eigenvalue weighted by atomic mass is 19.4. The Morgan fingerprint density at radius 3 is 2.26 bits per heavy atom. The molecule has 0 bridgehead atoms. The zero-order valence-corrected chi connectivity index (χ0v) is 8.85. The van der Waals surface area contributed by atoms with E-state index in [2.05, 4.69) is 4.84 Å². The molecule has 0 heterocycles. The van der Waals surface area contributed by atoms with E-state index in [0.717, 1.165) is 11.5 Å². The number of urea groups is 1. The summed E-state index contributed by atoms with van der Waals surface area (Å²) >= 11 is 0. The van der Waals surface area contributed by atoms with Gasteiger partial charge in [-0.25, -0.2) is 18.4 Å². The summed E-state index contributed by atoms with van der Waals surface area (Å²) in [5.74, 6) is -5.08. The van der Waals surface area contributed by atoms with Crippen LogP contribution in [0.4, 0.5) is 32.4 Å². The van der Waals surface area contributed by atoms with Crippen molar-refractivity contribution in [2.45, 2.75) is 6.18 Å². The van der Waals surface area contributed by atoms with E-state index in [0.29, 0.717) is 12.1 Å². The van der Waals surface area contributed by atoms with Gasteiger partial charge < -0.3 is 10.2 Å². The van der Waals surface area contributed by atoms with E-state index in [1.807, 2.05) is 5.32 Å². The minimum atomic E-state index is -5.27. The van der Waals surface area contributed by atoms with Gasteiger partial charge in [-0.3, -0.25) is 0 Å². The number of hydrogen-bond donors (Lipinski definition) is 2. The number of anilines is 1. The fourth-order valence-corrected chi connectivity index (χ4v) is 0.881. The predicted molar refractivity (Wildman–Crippen MR) is 50.7 cm³/mol. The van der Waals surface area contributed by atoms with Crippen LogP contribution in [-0.2, 0) is 9.63 Å². The lowest BCUT2D eigenvalue weighted by Gasteiger charge is -2.08. The van der Waals surface area contributed by atoms with Crippen LogP contribution in [0.15, 0.2) is 18.2 Å². The van der Waals surface area contributed by atoms with Gasteiger partial charge in [0.25, 0.3) is 0 Å². The molecule has 0 saturated heterocycles. The summed E-state index contributed by atoms with van der Waals surface area (Å²) in [7, 11) is 0. The smallest absolute Gasteiger partial charge is 0.331 e. The van der Waals surface area contributed by atoms with Crippen LogP contribution in [0, 0.1) is 11.6 Å². The fraction of sp³-hybridized carbons (Fsp3) is 0.111. The quantitative estimate of drug-likeness (QED) is 0.613. The summed E-state index contributed by atoms with van der Waals surface area (Å²) in [4.78, 5) is 24.6. The number of hydrogen-bond acceptors (Lipinski definition) is 3. The van der Waals surface area contributed by atoms with Gasteiger partial charge in [-0.2, -0.15) is 18.7 Å². The average molecular weight is 284 g/mol. The van der Waals surface area contributed by atoms with Crippen molar-refractivity contribution in [1.82, 2.24) is 5.48 Å². The molecule has 0 aliphatic carbocycles. The minimum absolute atomic E-state index is 0.251. The number of carbonyl (C=O) groups excluding carboxylic acids is 2. The Bertz CT molecular complexity index is 503. The second-order valence-corrected chi connectivity index (χ2v) is 3.07.